The Morgan fingerprint density at radius 1 is 0.974 bits per heavy atom. The number of carbonyl (C=O) groups excluding carboxylic acids is 2. The molecule has 7 nitrogen and oxygen atoms in total. The highest BCUT2D eigenvalue weighted by Crippen LogP contribution is 2.29. The first-order valence-electron chi connectivity index (χ1n) is 11.8. The lowest BCUT2D eigenvalue weighted by Gasteiger charge is -2.33. The van der Waals surface area contributed by atoms with Crippen LogP contribution in [-0.4, -0.2) is 44.8 Å². The minimum absolute atomic E-state index is 0.0423. The number of halogens is 3. The van der Waals surface area contributed by atoms with Crippen LogP contribution in [0, 0.1) is 12.7 Å². The van der Waals surface area contributed by atoms with Crippen molar-refractivity contribution in [3.05, 3.63) is 93.7 Å². The number of anilines is 1. The van der Waals surface area contributed by atoms with Gasteiger partial charge in [0.15, 0.2) is 0 Å². The molecule has 0 bridgehead atoms. The summed E-state index contributed by atoms with van der Waals surface area (Å²) in [4.78, 5) is 27.8. The van der Waals surface area contributed by atoms with Crippen LogP contribution in [0.25, 0.3) is 0 Å². The summed E-state index contributed by atoms with van der Waals surface area (Å²) in [7, 11) is -2.80. The molecule has 38 heavy (non-hydrogen) atoms. The Hall–Kier alpha value is -3.14. The standard InChI is InChI=1S/C27H28Cl2FN3O4S/c1-4-25(27(35)31-3)32(16-22-23(28)6-5-7-24(22)29)26(34)17-33(20-12-10-19(30)11-13-20)38(36,37)21-14-8-18(2)9-15-21/h5-15,25H,4,16-17H2,1-3H3,(H,31,35)/t25-/m1/s1. The van der Waals surface area contributed by atoms with E-state index in [1.54, 1.807) is 37.3 Å². The zero-order valence-corrected chi connectivity index (χ0v) is 23.4. The van der Waals surface area contributed by atoms with Crippen molar-refractivity contribution in [2.24, 2.45) is 0 Å². The van der Waals surface area contributed by atoms with E-state index in [9.17, 15) is 22.4 Å². The van der Waals surface area contributed by atoms with E-state index in [0.717, 1.165) is 22.0 Å². The second-order valence-corrected chi connectivity index (χ2v) is 11.2. The largest absolute Gasteiger partial charge is 0.357 e. The normalized spacial score (nSPS) is 12.1. The maximum atomic E-state index is 13.9. The number of rotatable bonds is 10. The third kappa shape index (κ3) is 6.64. The zero-order chi connectivity index (χ0) is 28.0. The summed E-state index contributed by atoms with van der Waals surface area (Å²) >= 11 is 12.7. The van der Waals surface area contributed by atoms with Gasteiger partial charge in [0, 0.05) is 29.2 Å². The summed E-state index contributed by atoms with van der Waals surface area (Å²) in [6, 6.07) is 14.9. The lowest BCUT2D eigenvalue weighted by atomic mass is 10.1. The van der Waals surface area contributed by atoms with Crippen LogP contribution in [0.5, 0.6) is 0 Å². The number of nitrogens with one attached hydrogen (secondary N) is 1. The molecule has 0 fully saturated rings. The van der Waals surface area contributed by atoms with Gasteiger partial charge in [0.2, 0.25) is 11.8 Å². The molecule has 0 heterocycles. The minimum Gasteiger partial charge on any atom is -0.357 e. The van der Waals surface area contributed by atoms with Crippen molar-refractivity contribution in [3.8, 4) is 0 Å². The number of amides is 2. The van der Waals surface area contributed by atoms with Crippen molar-refractivity contribution in [2.45, 2.75) is 37.8 Å². The number of hydrogen-bond donors (Lipinski definition) is 1. The number of sulfonamides is 1. The lowest BCUT2D eigenvalue weighted by molar-refractivity contribution is -0.140. The van der Waals surface area contributed by atoms with E-state index in [1.165, 1.54) is 36.2 Å². The van der Waals surface area contributed by atoms with Gasteiger partial charge in [-0.25, -0.2) is 12.8 Å². The average Bonchev–Trinajstić information content (AvgIpc) is 2.89. The molecule has 202 valence electrons. The minimum atomic E-state index is -4.25. The Morgan fingerprint density at radius 3 is 2.08 bits per heavy atom. The Balaban J connectivity index is 2.09. The second-order valence-electron chi connectivity index (χ2n) is 8.56. The van der Waals surface area contributed by atoms with Crippen LogP contribution in [0.4, 0.5) is 10.1 Å². The van der Waals surface area contributed by atoms with Gasteiger partial charge in [-0.1, -0.05) is 53.9 Å². The fourth-order valence-electron chi connectivity index (χ4n) is 3.91. The van der Waals surface area contributed by atoms with Gasteiger partial charge >= 0.3 is 0 Å². The second kappa shape index (κ2) is 12.6. The first kappa shape index (κ1) is 29.4. The molecular weight excluding hydrogens is 552 g/mol. The molecule has 1 N–H and O–H groups in total. The summed E-state index contributed by atoms with van der Waals surface area (Å²) in [6.07, 6.45) is 0.245. The summed E-state index contributed by atoms with van der Waals surface area (Å²) < 4.78 is 42.0. The van der Waals surface area contributed by atoms with Gasteiger partial charge in [-0.15, -0.1) is 0 Å². The first-order valence-corrected chi connectivity index (χ1v) is 14.0. The zero-order valence-electron chi connectivity index (χ0n) is 21.1. The van der Waals surface area contributed by atoms with Crippen molar-refractivity contribution in [1.29, 1.82) is 0 Å². The predicted octanol–water partition coefficient (Wildman–Crippen LogP) is 5.19. The van der Waals surface area contributed by atoms with Crippen LogP contribution in [0.3, 0.4) is 0 Å². The molecule has 0 saturated heterocycles. The van der Waals surface area contributed by atoms with Crippen LogP contribution in [0.1, 0.15) is 24.5 Å². The maximum absolute atomic E-state index is 13.9. The Bertz CT molecular complexity index is 1380. The SMILES string of the molecule is CC[C@H](C(=O)NC)N(Cc1c(Cl)cccc1Cl)C(=O)CN(c1ccc(F)cc1)S(=O)(=O)c1ccc(C)cc1. The van der Waals surface area contributed by atoms with E-state index in [4.69, 9.17) is 23.2 Å². The summed E-state index contributed by atoms with van der Waals surface area (Å²) in [6.45, 7) is 2.76. The summed E-state index contributed by atoms with van der Waals surface area (Å²) in [5.74, 6) is -1.66. The summed E-state index contributed by atoms with van der Waals surface area (Å²) in [5, 5.41) is 3.14. The number of aryl methyl sites for hydroxylation is 1. The highest BCUT2D eigenvalue weighted by atomic mass is 35.5. The van der Waals surface area contributed by atoms with Crippen molar-refractivity contribution >= 4 is 50.7 Å². The molecule has 11 heteroatoms. The number of likely N-dealkylation sites (N-methyl/N-ethyl adjacent to an activating group) is 1. The van der Waals surface area contributed by atoms with Gasteiger partial charge < -0.3 is 10.2 Å². The molecule has 0 aliphatic carbocycles. The van der Waals surface area contributed by atoms with Crippen LogP contribution in [0.2, 0.25) is 10.0 Å². The van der Waals surface area contributed by atoms with Gasteiger partial charge in [0.1, 0.15) is 18.4 Å². The van der Waals surface area contributed by atoms with Gasteiger partial charge in [0.25, 0.3) is 10.0 Å². The highest BCUT2D eigenvalue weighted by Gasteiger charge is 2.34. The van der Waals surface area contributed by atoms with Crippen LogP contribution in [-0.2, 0) is 26.2 Å². The van der Waals surface area contributed by atoms with Crippen molar-refractivity contribution < 1.29 is 22.4 Å². The van der Waals surface area contributed by atoms with E-state index in [2.05, 4.69) is 5.32 Å². The Morgan fingerprint density at radius 2 is 1.55 bits per heavy atom. The molecule has 0 spiro atoms. The molecule has 3 aromatic rings. The molecule has 0 aromatic heterocycles. The number of nitrogens with zero attached hydrogens (tertiary/aromatic N) is 2. The molecule has 1 atom stereocenters. The van der Waals surface area contributed by atoms with Crippen LogP contribution in [0.15, 0.2) is 71.6 Å². The molecule has 2 amide bonds. The lowest BCUT2D eigenvalue weighted by Crippen LogP contribution is -2.51. The van der Waals surface area contributed by atoms with Gasteiger partial charge in [-0.2, -0.15) is 0 Å². The third-order valence-corrected chi connectivity index (χ3v) is 8.52. The summed E-state index contributed by atoms with van der Waals surface area (Å²) in [5.41, 5.74) is 1.36. The number of hydrogen-bond acceptors (Lipinski definition) is 4. The highest BCUT2D eigenvalue weighted by molar-refractivity contribution is 7.92. The Kier molecular flexibility index (Phi) is 9.76. The van der Waals surface area contributed by atoms with Crippen LogP contribution < -0.4 is 9.62 Å². The van der Waals surface area contributed by atoms with Gasteiger partial charge in [0.05, 0.1) is 10.6 Å². The third-order valence-electron chi connectivity index (χ3n) is 6.02. The number of carbonyl (C=O) groups is 2. The van der Waals surface area contributed by atoms with Gasteiger partial charge in [-0.05, 0) is 61.9 Å². The van der Waals surface area contributed by atoms with E-state index < -0.39 is 40.2 Å². The fourth-order valence-corrected chi connectivity index (χ4v) is 5.84. The van der Waals surface area contributed by atoms with Crippen molar-refractivity contribution in [3.63, 3.8) is 0 Å². The molecule has 0 unspecified atom stereocenters. The molecule has 0 aliphatic heterocycles. The molecule has 0 aliphatic rings. The first-order chi connectivity index (χ1) is 18.0. The predicted molar refractivity (Wildman–Crippen MR) is 147 cm³/mol. The molecular formula is C27H28Cl2FN3O4S. The quantitative estimate of drug-likeness (QED) is 0.358. The molecule has 3 aromatic carbocycles. The average molecular weight is 581 g/mol. The molecule has 0 saturated carbocycles. The maximum Gasteiger partial charge on any atom is 0.264 e. The number of benzene rings is 3. The molecule has 0 radical (unpaired) electrons. The van der Waals surface area contributed by atoms with E-state index in [1.807, 2.05) is 6.92 Å². The van der Waals surface area contributed by atoms with E-state index in [-0.39, 0.29) is 23.5 Å². The van der Waals surface area contributed by atoms with Gasteiger partial charge in [-0.3, -0.25) is 13.9 Å². The van der Waals surface area contributed by atoms with E-state index >= 15 is 0 Å². The molecule has 3 rings (SSSR count). The van der Waals surface area contributed by atoms with Crippen molar-refractivity contribution in [2.75, 3.05) is 17.9 Å². The monoisotopic (exact) mass is 579 g/mol. The smallest absolute Gasteiger partial charge is 0.264 e. The van der Waals surface area contributed by atoms with E-state index in [0.29, 0.717) is 15.6 Å². The fraction of sp³-hybridized carbons (Fsp3) is 0.259. The topological polar surface area (TPSA) is 86.8 Å². The Labute approximate surface area is 232 Å². The van der Waals surface area contributed by atoms with Crippen LogP contribution >= 0.6 is 23.2 Å². The van der Waals surface area contributed by atoms with Crippen molar-refractivity contribution in [1.82, 2.24) is 10.2 Å².